The molecule has 1 unspecified atom stereocenters. The van der Waals surface area contributed by atoms with Crippen LogP contribution in [0.5, 0.6) is 5.75 Å². The van der Waals surface area contributed by atoms with Gasteiger partial charge in [0.15, 0.2) is 5.78 Å². The molecule has 1 N–H and O–H groups in total. The highest BCUT2D eigenvalue weighted by Gasteiger charge is 2.32. The van der Waals surface area contributed by atoms with Gasteiger partial charge >= 0.3 is 6.03 Å². The number of nitrogens with zero attached hydrogens (tertiary/aromatic N) is 1. The zero-order valence-electron chi connectivity index (χ0n) is 13.5. The summed E-state index contributed by atoms with van der Waals surface area (Å²) in [6.07, 6.45) is 3.20. The highest BCUT2D eigenvalue weighted by Crippen LogP contribution is 2.25. The second kappa shape index (κ2) is 6.58. The largest absolute Gasteiger partial charge is 0.497 e. The molecule has 24 heavy (non-hydrogen) atoms. The summed E-state index contributed by atoms with van der Waals surface area (Å²) in [5.74, 6) is 0.560. The van der Waals surface area contributed by atoms with E-state index in [0.29, 0.717) is 17.0 Å². The van der Waals surface area contributed by atoms with Gasteiger partial charge in [0.1, 0.15) is 11.8 Å². The van der Waals surface area contributed by atoms with E-state index in [4.69, 9.17) is 4.74 Å². The third-order valence-corrected chi connectivity index (χ3v) is 3.94. The summed E-state index contributed by atoms with van der Waals surface area (Å²) < 4.78 is 5.14. The van der Waals surface area contributed by atoms with E-state index < -0.39 is 6.04 Å². The SMILES string of the molecule is COc1ccc(N2C(=O)NC=CC2C(=O)c2ccc(C)cc2)cc1. The molecule has 0 radical (unpaired) electrons. The fourth-order valence-electron chi connectivity index (χ4n) is 2.61. The molecule has 2 aromatic carbocycles. The summed E-state index contributed by atoms with van der Waals surface area (Å²) in [5.41, 5.74) is 2.28. The average Bonchev–Trinajstić information content (AvgIpc) is 2.62. The van der Waals surface area contributed by atoms with Gasteiger partial charge in [-0.1, -0.05) is 29.8 Å². The van der Waals surface area contributed by atoms with E-state index in [1.807, 2.05) is 19.1 Å². The van der Waals surface area contributed by atoms with Crippen LogP contribution in [0.15, 0.2) is 60.8 Å². The lowest BCUT2D eigenvalue weighted by atomic mass is 10.0. The van der Waals surface area contributed by atoms with Gasteiger partial charge in [-0.3, -0.25) is 9.69 Å². The van der Waals surface area contributed by atoms with Crippen molar-refractivity contribution in [2.24, 2.45) is 0 Å². The number of Topliss-reactive ketones (excluding diaryl/α,β-unsaturated/α-hetero) is 1. The van der Waals surface area contributed by atoms with Crippen molar-refractivity contribution in [3.05, 3.63) is 71.9 Å². The van der Waals surface area contributed by atoms with Crippen LogP contribution in [0.25, 0.3) is 0 Å². The van der Waals surface area contributed by atoms with Gasteiger partial charge in [-0.25, -0.2) is 4.79 Å². The molecule has 0 fully saturated rings. The molecule has 0 saturated heterocycles. The average molecular weight is 322 g/mol. The molecule has 0 aromatic heterocycles. The van der Waals surface area contributed by atoms with Crippen molar-refractivity contribution in [1.82, 2.24) is 5.32 Å². The minimum atomic E-state index is -0.685. The van der Waals surface area contributed by atoms with Gasteiger partial charge in [0.25, 0.3) is 0 Å². The highest BCUT2D eigenvalue weighted by atomic mass is 16.5. The number of carbonyl (C=O) groups excluding carboxylic acids is 2. The Morgan fingerprint density at radius 1 is 1.08 bits per heavy atom. The van der Waals surface area contributed by atoms with E-state index in [1.54, 1.807) is 49.6 Å². The van der Waals surface area contributed by atoms with E-state index in [1.165, 1.54) is 11.1 Å². The number of anilines is 1. The van der Waals surface area contributed by atoms with Crippen LogP contribution in [0.4, 0.5) is 10.5 Å². The van der Waals surface area contributed by atoms with E-state index in [-0.39, 0.29) is 11.8 Å². The molecule has 0 saturated carbocycles. The second-order valence-electron chi connectivity index (χ2n) is 5.55. The molecule has 2 amide bonds. The fraction of sp³-hybridized carbons (Fsp3) is 0.158. The van der Waals surface area contributed by atoms with Crippen molar-refractivity contribution in [2.75, 3.05) is 12.0 Å². The predicted molar refractivity (Wildman–Crippen MR) is 92.4 cm³/mol. The summed E-state index contributed by atoms with van der Waals surface area (Å²) in [5, 5.41) is 2.63. The summed E-state index contributed by atoms with van der Waals surface area (Å²) in [7, 11) is 1.58. The topological polar surface area (TPSA) is 58.6 Å². The third-order valence-electron chi connectivity index (χ3n) is 3.94. The van der Waals surface area contributed by atoms with Gasteiger partial charge in [-0.05, 0) is 37.3 Å². The van der Waals surface area contributed by atoms with Crippen LogP contribution in [-0.4, -0.2) is 25.0 Å². The standard InChI is InChI=1S/C19H18N2O3/c1-13-3-5-14(6-4-13)18(22)17-11-12-20-19(23)21(17)15-7-9-16(24-2)10-8-15/h3-12,17H,1-2H3,(H,20,23). The van der Waals surface area contributed by atoms with Gasteiger partial charge < -0.3 is 10.1 Å². The Morgan fingerprint density at radius 3 is 2.38 bits per heavy atom. The third kappa shape index (κ3) is 3.01. The van der Waals surface area contributed by atoms with Crippen LogP contribution < -0.4 is 15.0 Å². The Kier molecular flexibility index (Phi) is 4.33. The number of aryl methyl sites for hydroxylation is 1. The quantitative estimate of drug-likeness (QED) is 0.879. The Labute approximate surface area is 140 Å². The first-order valence-corrected chi connectivity index (χ1v) is 7.61. The summed E-state index contributed by atoms with van der Waals surface area (Å²) >= 11 is 0. The van der Waals surface area contributed by atoms with E-state index >= 15 is 0 Å². The van der Waals surface area contributed by atoms with Crippen molar-refractivity contribution in [1.29, 1.82) is 0 Å². The van der Waals surface area contributed by atoms with E-state index in [2.05, 4.69) is 5.32 Å². The van der Waals surface area contributed by atoms with Crippen LogP contribution in [0.1, 0.15) is 15.9 Å². The predicted octanol–water partition coefficient (Wildman–Crippen LogP) is 3.30. The summed E-state index contributed by atoms with van der Waals surface area (Å²) in [6.45, 7) is 1.96. The second-order valence-corrected chi connectivity index (χ2v) is 5.55. The summed E-state index contributed by atoms with van der Waals surface area (Å²) in [6, 6.07) is 13.3. The number of nitrogens with one attached hydrogen (secondary N) is 1. The molecule has 1 aliphatic rings. The Morgan fingerprint density at radius 2 is 1.75 bits per heavy atom. The first-order valence-electron chi connectivity index (χ1n) is 7.61. The molecule has 1 heterocycles. The first-order chi connectivity index (χ1) is 11.6. The van der Waals surface area contributed by atoms with Crippen molar-refractivity contribution in [3.63, 3.8) is 0 Å². The number of rotatable bonds is 4. The molecule has 5 nitrogen and oxygen atoms in total. The fourth-order valence-corrected chi connectivity index (χ4v) is 2.61. The smallest absolute Gasteiger partial charge is 0.326 e. The van der Waals surface area contributed by atoms with E-state index in [9.17, 15) is 9.59 Å². The Hall–Kier alpha value is -3.08. The molecule has 122 valence electrons. The lowest BCUT2D eigenvalue weighted by molar-refractivity contribution is 0.0974. The van der Waals surface area contributed by atoms with Crippen LogP contribution in [-0.2, 0) is 0 Å². The lowest BCUT2D eigenvalue weighted by Crippen LogP contribution is -2.51. The molecular formula is C19H18N2O3. The first kappa shape index (κ1) is 15.8. The number of hydrogen-bond donors (Lipinski definition) is 1. The van der Waals surface area contributed by atoms with Gasteiger partial charge in [0.2, 0.25) is 0 Å². The highest BCUT2D eigenvalue weighted by molar-refractivity contribution is 6.09. The van der Waals surface area contributed by atoms with Crippen molar-refractivity contribution in [2.45, 2.75) is 13.0 Å². The van der Waals surface area contributed by atoms with Crippen LogP contribution >= 0.6 is 0 Å². The number of urea groups is 1. The number of hydrogen-bond acceptors (Lipinski definition) is 3. The number of carbonyl (C=O) groups is 2. The number of ether oxygens (including phenoxy) is 1. The maximum absolute atomic E-state index is 12.9. The zero-order chi connectivity index (χ0) is 17.1. The molecule has 0 aliphatic carbocycles. The molecule has 2 aromatic rings. The maximum atomic E-state index is 12.9. The van der Waals surface area contributed by atoms with Crippen molar-refractivity contribution >= 4 is 17.5 Å². The number of ketones is 1. The zero-order valence-corrected chi connectivity index (χ0v) is 13.5. The molecular weight excluding hydrogens is 304 g/mol. The van der Waals surface area contributed by atoms with Gasteiger partial charge in [-0.2, -0.15) is 0 Å². The normalized spacial score (nSPS) is 16.7. The molecule has 5 heteroatoms. The Bertz CT molecular complexity index is 779. The minimum Gasteiger partial charge on any atom is -0.497 e. The number of methoxy groups -OCH3 is 1. The van der Waals surface area contributed by atoms with Gasteiger partial charge in [-0.15, -0.1) is 0 Å². The molecule has 0 bridgehead atoms. The lowest BCUT2D eigenvalue weighted by Gasteiger charge is -2.31. The molecule has 1 atom stereocenters. The van der Waals surface area contributed by atoms with Gasteiger partial charge in [0, 0.05) is 17.5 Å². The van der Waals surface area contributed by atoms with Crippen LogP contribution in [0.3, 0.4) is 0 Å². The molecule has 3 rings (SSSR count). The van der Waals surface area contributed by atoms with Crippen molar-refractivity contribution < 1.29 is 14.3 Å². The monoisotopic (exact) mass is 322 g/mol. The van der Waals surface area contributed by atoms with Gasteiger partial charge in [0.05, 0.1) is 7.11 Å². The van der Waals surface area contributed by atoms with E-state index in [0.717, 1.165) is 5.56 Å². The van der Waals surface area contributed by atoms with Crippen molar-refractivity contribution in [3.8, 4) is 5.75 Å². The number of benzene rings is 2. The number of amides is 2. The molecule has 0 spiro atoms. The molecule has 1 aliphatic heterocycles. The Balaban J connectivity index is 1.95. The minimum absolute atomic E-state index is 0.128. The summed E-state index contributed by atoms with van der Waals surface area (Å²) in [4.78, 5) is 26.6. The van der Waals surface area contributed by atoms with Crippen LogP contribution in [0, 0.1) is 6.92 Å². The van der Waals surface area contributed by atoms with Crippen LogP contribution in [0.2, 0.25) is 0 Å². The maximum Gasteiger partial charge on any atom is 0.326 e.